The highest BCUT2D eigenvalue weighted by atomic mass is 79.9. The Balaban J connectivity index is 2.03. The van der Waals surface area contributed by atoms with Crippen molar-refractivity contribution in [3.8, 4) is 11.5 Å². The minimum Gasteiger partial charge on any atom is -0.503 e. The van der Waals surface area contributed by atoms with Crippen LogP contribution in [0.4, 0.5) is 0 Å². The molecule has 0 fully saturated rings. The standard InChI is InChI=1S/C20H16BrNO5/c1-3-22-16(10-8-12(21)18(24)14(9-10)26-2)15-17(23)11-6-4-5-7-13(11)27-19(15)20(22)25/h4-9,16,24H,3H2,1-2H3. The van der Waals surface area contributed by atoms with E-state index in [0.717, 1.165) is 0 Å². The molecule has 6 nitrogen and oxygen atoms in total. The highest BCUT2D eigenvalue weighted by Crippen LogP contribution is 2.43. The topological polar surface area (TPSA) is 80.0 Å². The highest BCUT2D eigenvalue weighted by Gasteiger charge is 2.42. The van der Waals surface area contributed by atoms with Gasteiger partial charge in [0.2, 0.25) is 5.76 Å². The van der Waals surface area contributed by atoms with Crippen molar-refractivity contribution in [2.24, 2.45) is 0 Å². The summed E-state index contributed by atoms with van der Waals surface area (Å²) in [7, 11) is 1.44. The van der Waals surface area contributed by atoms with E-state index >= 15 is 0 Å². The number of ether oxygens (including phenoxy) is 1. The van der Waals surface area contributed by atoms with Crippen molar-refractivity contribution in [3.63, 3.8) is 0 Å². The maximum Gasteiger partial charge on any atom is 0.290 e. The van der Waals surface area contributed by atoms with Crippen LogP contribution in [-0.4, -0.2) is 29.6 Å². The van der Waals surface area contributed by atoms with E-state index in [1.807, 2.05) is 6.92 Å². The van der Waals surface area contributed by atoms with Crippen LogP contribution in [0.2, 0.25) is 0 Å². The molecule has 0 saturated carbocycles. The van der Waals surface area contributed by atoms with E-state index in [4.69, 9.17) is 9.15 Å². The van der Waals surface area contributed by atoms with Crippen LogP contribution in [-0.2, 0) is 0 Å². The average Bonchev–Trinajstić information content (AvgIpc) is 2.96. The first-order valence-electron chi connectivity index (χ1n) is 8.41. The number of hydrogen-bond acceptors (Lipinski definition) is 5. The van der Waals surface area contributed by atoms with Crippen LogP contribution in [0.1, 0.15) is 34.6 Å². The van der Waals surface area contributed by atoms with Gasteiger partial charge in [-0.1, -0.05) is 12.1 Å². The van der Waals surface area contributed by atoms with Gasteiger partial charge in [0, 0.05) is 6.54 Å². The van der Waals surface area contributed by atoms with E-state index in [0.29, 0.717) is 33.1 Å². The molecule has 1 aromatic heterocycles. The zero-order valence-corrected chi connectivity index (χ0v) is 16.2. The summed E-state index contributed by atoms with van der Waals surface area (Å²) >= 11 is 3.31. The van der Waals surface area contributed by atoms with Crippen LogP contribution in [0.3, 0.4) is 0 Å². The molecule has 27 heavy (non-hydrogen) atoms. The average molecular weight is 430 g/mol. The lowest BCUT2D eigenvalue weighted by Gasteiger charge is -2.24. The van der Waals surface area contributed by atoms with Gasteiger partial charge in [0.25, 0.3) is 5.91 Å². The van der Waals surface area contributed by atoms with Gasteiger partial charge in [0.05, 0.1) is 28.6 Å². The molecule has 0 bridgehead atoms. The van der Waals surface area contributed by atoms with Gasteiger partial charge in [-0.3, -0.25) is 9.59 Å². The molecule has 1 aliphatic rings. The number of halogens is 1. The molecule has 1 amide bonds. The van der Waals surface area contributed by atoms with Crippen LogP contribution < -0.4 is 10.2 Å². The fourth-order valence-corrected chi connectivity index (χ4v) is 4.01. The second-order valence-corrected chi connectivity index (χ2v) is 7.07. The third-order valence-corrected chi connectivity index (χ3v) is 5.40. The Morgan fingerprint density at radius 1 is 1.26 bits per heavy atom. The molecule has 3 aromatic rings. The first-order valence-corrected chi connectivity index (χ1v) is 9.20. The number of carbonyl (C=O) groups is 1. The minimum atomic E-state index is -0.621. The Morgan fingerprint density at radius 2 is 2.00 bits per heavy atom. The van der Waals surface area contributed by atoms with Crippen LogP contribution in [0.5, 0.6) is 11.5 Å². The number of phenolic OH excluding ortho intramolecular Hbond substituents is 1. The summed E-state index contributed by atoms with van der Waals surface area (Å²) in [6, 6.07) is 9.57. The summed E-state index contributed by atoms with van der Waals surface area (Å²) < 4.78 is 11.4. The molecule has 138 valence electrons. The summed E-state index contributed by atoms with van der Waals surface area (Å²) in [5, 5.41) is 10.5. The van der Waals surface area contributed by atoms with Gasteiger partial charge in [-0.25, -0.2) is 0 Å². The van der Waals surface area contributed by atoms with Crippen molar-refractivity contribution in [3.05, 3.63) is 68.0 Å². The molecular formula is C20H16BrNO5. The predicted octanol–water partition coefficient (Wildman–Crippen LogP) is 3.83. The van der Waals surface area contributed by atoms with Crippen molar-refractivity contribution in [1.82, 2.24) is 4.90 Å². The zero-order chi connectivity index (χ0) is 19.3. The molecule has 0 spiro atoms. The summed E-state index contributed by atoms with van der Waals surface area (Å²) in [5.41, 5.74) is 1.10. The summed E-state index contributed by atoms with van der Waals surface area (Å²) in [6.07, 6.45) is 0. The summed E-state index contributed by atoms with van der Waals surface area (Å²) in [4.78, 5) is 27.7. The van der Waals surface area contributed by atoms with Crippen molar-refractivity contribution in [2.45, 2.75) is 13.0 Å². The molecule has 0 saturated heterocycles. The Hall–Kier alpha value is -2.80. The van der Waals surface area contributed by atoms with Crippen LogP contribution in [0, 0.1) is 0 Å². The van der Waals surface area contributed by atoms with E-state index in [9.17, 15) is 14.7 Å². The number of phenols is 1. The number of methoxy groups -OCH3 is 1. The number of nitrogens with zero attached hydrogens (tertiary/aromatic N) is 1. The lowest BCUT2D eigenvalue weighted by molar-refractivity contribution is 0.0737. The SMILES string of the molecule is CCN1C(=O)c2oc3ccccc3c(=O)c2C1c1cc(Br)c(O)c(OC)c1. The molecular weight excluding hydrogens is 414 g/mol. The third-order valence-electron chi connectivity index (χ3n) is 4.80. The number of hydrogen-bond donors (Lipinski definition) is 1. The van der Waals surface area contributed by atoms with E-state index < -0.39 is 6.04 Å². The monoisotopic (exact) mass is 429 g/mol. The van der Waals surface area contributed by atoms with Gasteiger partial charge in [-0.15, -0.1) is 0 Å². The normalized spacial score (nSPS) is 16.0. The maximum atomic E-state index is 13.2. The number of fused-ring (bicyclic) bond motifs is 2. The predicted molar refractivity (Wildman–Crippen MR) is 103 cm³/mol. The second kappa shape index (κ2) is 6.42. The fourth-order valence-electron chi connectivity index (χ4n) is 3.55. The van der Waals surface area contributed by atoms with Crippen LogP contribution >= 0.6 is 15.9 Å². The summed E-state index contributed by atoms with van der Waals surface area (Å²) in [5.74, 6) is -0.0573. The fraction of sp³-hybridized carbons (Fsp3) is 0.200. The first-order chi connectivity index (χ1) is 13.0. The van der Waals surface area contributed by atoms with Gasteiger partial charge >= 0.3 is 0 Å². The molecule has 1 atom stereocenters. The number of benzene rings is 2. The van der Waals surface area contributed by atoms with E-state index in [-0.39, 0.29) is 28.6 Å². The van der Waals surface area contributed by atoms with Gasteiger partial charge in [-0.05, 0) is 52.7 Å². The van der Waals surface area contributed by atoms with Crippen molar-refractivity contribution in [2.75, 3.05) is 13.7 Å². The highest BCUT2D eigenvalue weighted by molar-refractivity contribution is 9.10. The van der Waals surface area contributed by atoms with Crippen LogP contribution in [0.25, 0.3) is 11.0 Å². The van der Waals surface area contributed by atoms with E-state index in [1.165, 1.54) is 7.11 Å². The number of aromatic hydroxyl groups is 1. The third kappa shape index (κ3) is 2.53. The smallest absolute Gasteiger partial charge is 0.290 e. The first kappa shape index (κ1) is 17.6. The number of carbonyl (C=O) groups excluding carboxylic acids is 1. The number of para-hydroxylation sites is 1. The summed E-state index contributed by atoms with van der Waals surface area (Å²) in [6.45, 7) is 2.23. The molecule has 2 heterocycles. The Morgan fingerprint density at radius 3 is 2.70 bits per heavy atom. The van der Waals surface area contributed by atoms with Crippen molar-refractivity contribution in [1.29, 1.82) is 0 Å². The largest absolute Gasteiger partial charge is 0.503 e. The lowest BCUT2D eigenvalue weighted by Crippen LogP contribution is -2.29. The molecule has 1 unspecified atom stereocenters. The Labute approximate surface area is 163 Å². The maximum absolute atomic E-state index is 13.2. The van der Waals surface area contributed by atoms with E-state index in [2.05, 4.69) is 15.9 Å². The molecule has 1 N–H and O–H groups in total. The van der Waals surface area contributed by atoms with Gasteiger partial charge in [0.15, 0.2) is 16.9 Å². The molecule has 7 heteroatoms. The molecule has 0 aliphatic carbocycles. The molecule has 1 aliphatic heterocycles. The van der Waals surface area contributed by atoms with Crippen molar-refractivity contribution < 1.29 is 19.1 Å². The van der Waals surface area contributed by atoms with Gasteiger partial charge in [-0.2, -0.15) is 0 Å². The Kier molecular flexibility index (Phi) is 4.19. The number of rotatable bonds is 3. The molecule has 4 rings (SSSR count). The van der Waals surface area contributed by atoms with Gasteiger partial charge in [0.1, 0.15) is 5.58 Å². The lowest BCUT2D eigenvalue weighted by atomic mass is 9.98. The van der Waals surface area contributed by atoms with Gasteiger partial charge < -0.3 is 19.2 Å². The zero-order valence-electron chi connectivity index (χ0n) is 14.7. The Bertz CT molecular complexity index is 1140. The number of amides is 1. The molecule has 0 radical (unpaired) electrons. The van der Waals surface area contributed by atoms with Crippen LogP contribution in [0.15, 0.2) is 50.1 Å². The second-order valence-electron chi connectivity index (χ2n) is 6.22. The minimum absolute atomic E-state index is 0.0422. The molecule has 2 aromatic carbocycles. The quantitative estimate of drug-likeness (QED) is 0.683. The van der Waals surface area contributed by atoms with Crippen molar-refractivity contribution >= 4 is 32.8 Å². The van der Waals surface area contributed by atoms with E-state index in [1.54, 1.807) is 41.3 Å².